The standard InChI is InChI=1S/C25H39N3O5/c1-16(2)19(14-21(27-28-26)23-15-20(17(3)4)25(29)33-23)12-18-8-9-22(31-6)24(13-18)32-11-7-10-30-5/h8-9,13,16-17,19-21,23H,7,10-12,14-15H2,1-6H3/t19?,20-,21-,23-/m0/s1. The minimum atomic E-state index is -0.377. The van der Waals surface area contributed by atoms with E-state index in [2.05, 4.69) is 23.9 Å². The van der Waals surface area contributed by atoms with Gasteiger partial charge < -0.3 is 18.9 Å². The molecule has 0 radical (unpaired) electrons. The lowest BCUT2D eigenvalue weighted by atomic mass is 9.82. The molecule has 0 spiro atoms. The monoisotopic (exact) mass is 461 g/mol. The fraction of sp³-hybridized carbons (Fsp3) is 0.720. The third-order valence-corrected chi connectivity index (χ3v) is 6.45. The van der Waals surface area contributed by atoms with Crippen LogP contribution in [0.25, 0.3) is 10.4 Å². The number of rotatable bonds is 14. The maximum atomic E-state index is 12.3. The van der Waals surface area contributed by atoms with Crippen molar-refractivity contribution >= 4 is 5.97 Å². The fourth-order valence-corrected chi connectivity index (χ4v) is 4.30. The van der Waals surface area contributed by atoms with E-state index >= 15 is 0 Å². The number of benzene rings is 1. The molecule has 0 N–H and O–H groups in total. The predicted molar refractivity (Wildman–Crippen MR) is 127 cm³/mol. The average molecular weight is 462 g/mol. The summed E-state index contributed by atoms with van der Waals surface area (Å²) in [5.41, 5.74) is 10.3. The third-order valence-electron chi connectivity index (χ3n) is 6.45. The molecule has 2 rings (SSSR count). The van der Waals surface area contributed by atoms with E-state index in [1.54, 1.807) is 14.2 Å². The molecule has 1 aromatic carbocycles. The molecule has 8 heteroatoms. The van der Waals surface area contributed by atoms with E-state index in [0.717, 1.165) is 18.4 Å². The number of hydrogen-bond donors (Lipinski definition) is 0. The molecule has 1 unspecified atom stereocenters. The lowest BCUT2D eigenvalue weighted by Gasteiger charge is -2.27. The Morgan fingerprint density at radius 3 is 2.52 bits per heavy atom. The van der Waals surface area contributed by atoms with Gasteiger partial charge in [0.2, 0.25) is 0 Å². The molecule has 0 bridgehead atoms. The zero-order valence-electron chi connectivity index (χ0n) is 20.8. The summed E-state index contributed by atoms with van der Waals surface area (Å²) in [6.45, 7) is 9.56. The zero-order valence-corrected chi connectivity index (χ0v) is 20.8. The summed E-state index contributed by atoms with van der Waals surface area (Å²) in [6.07, 6.45) is 2.48. The molecule has 1 aromatic rings. The highest BCUT2D eigenvalue weighted by atomic mass is 16.6. The van der Waals surface area contributed by atoms with E-state index in [1.165, 1.54) is 0 Å². The maximum Gasteiger partial charge on any atom is 0.309 e. The van der Waals surface area contributed by atoms with Crippen molar-refractivity contribution in [3.05, 3.63) is 34.2 Å². The summed E-state index contributed by atoms with van der Waals surface area (Å²) < 4.78 is 22.1. The van der Waals surface area contributed by atoms with Crippen LogP contribution in [-0.4, -0.2) is 45.5 Å². The second kappa shape index (κ2) is 13.3. The van der Waals surface area contributed by atoms with E-state index in [4.69, 9.17) is 18.9 Å². The molecule has 1 heterocycles. The first-order valence-corrected chi connectivity index (χ1v) is 11.8. The Labute approximate surface area is 197 Å². The summed E-state index contributed by atoms with van der Waals surface area (Å²) in [6, 6.07) is 5.62. The van der Waals surface area contributed by atoms with Crippen molar-refractivity contribution in [1.82, 2.24) is 0 Å². The van der Waals surface area contributed by atoms with Gasteiger partial charge in [-0.25, -0.2) is 0 Å². The van der Waals surface area contributed by atoms with Gasteiger partial charge in [0, 0.05) is 25.0 Å². The highest BCUT2D eigenvalue weighted by Crippen LogP contribution is 2.35. The van der Waals surface area contributed by atoms with E-state index in [1.807, 2.05) is 32.0 Å². The molecule has 1 aliphatic heterocycles. The zero-order chi connectivity index (χ0) is 24.4. The smallest absolute Gasteiger partial charge is 0.309 e. The normalized spacial score (nSPS) is 19.8. The molecule has 4 atom stereocenters. The first kappa shape index (κ1) is 26.8. The second-order valence-corrected chi connectivity index (χ2v) is 9.46. The van der Waals surface area contributed by atoms with Crippen molar-refractivity contribution in [1.29, 1.82) is 0 Å². The number of azide groups is 1. The van der Waals surface area contributed by atoms with Crippen molar-refractivity contribution < 1.29 is 23.7 Å². The minimum absolute atomic E-state index is 0.136. The highest BCUT2D eigenvalue weighted by Gasteiger charge is 2.40. The summed E-state index contributed by atoms with van der Waals surface area (Å²) in [4.78, 5) is 15.3. The van der Waals surface area contributed by atoms with Crippen molar-refractivity contribution in [2.75, 3.05) is 27.4 Å². The van der Waals surface area contributed by atoms with Crippen molar-refractivity contribution in [2.45, 2.75) is 65.5 Å². The summed E-state index contributed by atoms with van der Waals surface area (Å²) in [5, 5.41) is 4.05. The molecule has 1 saturated heterocycles. The Bertz CT molecular complexity index is 807. The van der Waals surface area contributed by atoms with Crippen molar-refractivity contribution in [2.24, 2.45) is 28.8 Å². The molecule has 0 aromatic heterocycles. The molecule has 0 aliphatic carbocycles. The Kier molecular flexibility index (Phi) is 10.8. The van der Waals surface area contributed by atoms with E-state index in [0.29, 0.717) is 43.5 Å². The summed E-state index contributed by atoms with van der Waals surface area (Å²) in [5.74, 6) is 1.89. The van der Waals surface area contributed by atoms with Gasteiger partial charge >= 0.3 is 5.97 Å². The number of hydrogen-bond acceptors (Lipinski definition) is 6. The molecule has 8 nitrogen and oxygen atoms in total. The number of carbonyl (C=O) groups excluding carboxylic acids is 1. The van der Waals surface area contributed by atoms with Gasteiger partial charge in [-0.15, -0.1) is 0 Å². The molecular weight excluding hydrogens is 422 g/mol. The van der Waals surface area contributed by atoms with Gasteiger partial charge in [0.05, 0.1) is 25.7 Å². The number of methoxy groups -OCH3 is 2. The molecular formula is C25H39N3O5. The Balaban J connectivity index is 2.14. The van der Waals surface area contributed by atoms with Crippen LogP contribution in [0.3, 0.4) is 0 Å². The fourth-order valence-electron chi connectivity index (χ4n) is 4.30. The first-order valence-electron chi connectivity index (χ1n) is 11.8. The SMILES string of the molecule is COCCCOc1cc(CC(C[C@H](N=[N+]=[N-])[C@@H]2C[C@@H](C(C)C)C(=O)O2)C(C)C)ccc1OC. The Morgan fingerprint density at radius 2 is 1.94 bits per heavy atom. The van der Waals surface area contributed by atoms with Crippen LogP contribution in [0.4, 0.5) is 0 Å². The van der Waals surface area contributed by atoms with Gasteiger partial charge in [-0.1, -0.05) is 38.9 Å². The Morgan fingerprint density at radius 1 is 1.18 bits per heavy atom. The number of cyclic esters (lactones) is 1. The van der Waals surface area contributed by atoms with Gasteiger partial charge in [-0.2, -0.15) is 0 Å². The van der Waals surface area contributed by atoms with Crippen LogP contribution >= 0.6 is 0 Å². The van der Waals surface area contributed by atoms with Gasteiger partial charge in [-0.3, -0.25) is 4.79 Å². The molecule has 1 aliphatic rings. The first-order chi connectivity index (χ1) is 15.8. The molecule has 0 saturated carbocycles. The lowest BCUT2D eigenvalue weighted by Crippen LogP contribution is -2.29. The maximum absolute atomic E-state index is 12.3. The van der Waals surface area contributed by atoms with Crippen molar-refractivity contribution in [3.8, 4) is 11.5 Å². The van der Waals surface area contributed by atoms with Crippen LogP contribution < -0.4 is 9.47 Å². The van der Waals surface area contributed by atoms with E-state index in [-0.39, 0.29) is 35.9 Å². The lowest BCUT2D eigenvalue weighted by molar-refractivity contribution is -0.145. The highest BCUT2D eigenvalue weighted by molar-refractivity contribution is 5.75. The largest absolute Gasteiger partial charge is 0.493 e. The molecule has 1 fully saturated rings. The van der Waals surface area contributed by atoms with Crippen LogP contribution in [0, 0.1) is 23.7 Å². The third kappa shape index (κ3) is 7.83. The van der Waals surface area contributed by atoms with Crippen molar-refractivity contribution in [3.63, 3.8) is 0 Å². The quantitative estimate of drug-likeness (QED) is 0.118. The topological polar surface area (TPSA) is 103 Å². The van der Waals surface area contributed by atoms with Gasteiger partial charge in [0.25, 0.3) is 0 Å². The number of ether oxygens (including phenoxy) is 4. The van der Waals surface area contributed by atoms with Crippen LogP contribution in [0.2, 0.25) is 0 Å². The number of nitrogens with zero attached hydrogens (tertiary/aromatic N) is 3. The van der Waals surface area contributed by atoms with Gasteiger partial charge in [-0.05, 0) is 60.2 Å². The van der Waals surface area contributed by atoms with Crippen LogP contribution in [0.5, 0.6) is 11.5 Å². The van der Waals surface area contributed by atoms with Gasteiger partial charge in [0.1, 0.15) is 6.10 Å². The minimum Gasteiger partial charge on any atom is -0.493 e. The second-order valence-electron chi connectivity index (χ2n) is 9.46. The van der Waals surface area contributed by atoms with E-state index in [9.17, 15) is 10.3 Å². The molecule has 33 heavy (non-hydrogen) atoms. The number of carbonyl (C=O) groups is 1. The predicted octanol–water partition coefficient (Wildman–Crippen LogP) is 5.58. The Hall–Kier alpha value is -2.44. The molecule has 184 valence electrons. The average Bonchev–Trinajstić information content (AvgIpc) is 3.17. The number of esters is 1. The van der Waals surface area contributed by atoms with Crippen LogP contribution in [-0.2, 0) is 20.7 Å². The van der Waals surface area contributed by atoms with Gasteiger partial charge in [0.15, 0.2) is 11.5 Å². The summed E-state index contributed by atoms with van der Waals surface area (Å²) in [7, 11) is 3.30. The van der Waals surface area contributed by atoms with Crippen LogP contribution in [0.15, 0.2) is 23.3 Å². The van der Waals surface area contributed by atoms with Crippen LogP contribution in [0.1, 0.15) is 52.5 Å². The molecule has 0 amide bonds. The summed E-state index contributed by atoms with van der Waals surface area (Å²) >= 11 is 0. The van der Waals surface area contributed by atoms with E-state index < -0.39 is 0 Å².